The highest BCUT2D eigenvalue weighted by Gasteiger charge is 2.15. The molecule has 6 nitrogen and oxygen atoms in total. The van der Waals surface area contributed by atoms with E-state index in [0.29, 0.717) is 17.8 Å². The average Bonchev–Trinajstić information content (AvgIpc) is 2.65. The van der Waals surface area contributed by atoms with Gasteiger partial charge in [-0.15, -0.1) is 0 Å². The highest BCUT2D eigenvalue weighted by molar-refractivity contribution is 6.01. The zero-order valence-electron chi connectivity index (χ0n) is 15.5. The fourth-order valence-electron chi connectivity index (χ4n) is 2.60. The number of nitrogens with zero attached hydrogens (tertiary/aromatic N) is 1. The summed E-state index contributed by atoms with van der Waals surface area (Å²) < 4.78 is 0. The minimum absolute atomic E-state index is 0.0238. The number of anilines is 2. The Morgan fingerprint density at radius 2 is 1.81 bits per heavy atom. The van der Waals surface area contributed by atoms with E-state index >= 15 is 0 Å². The van der Waals surface area contributed by atoms with Crippen LogP contribution in [-0.2, 0) is 4.79 Å². The highest BCUT2D eigenvalue weighted by Crippen LogP contribution is 2.33. The van der Waals surface area contributed by atoms with E-state index in [4.69, 9.17) is 17.2 Å². The molecule has 0 heterocycles. The van der Waals surface area contributed by atoms with Crippen molar-refractivity contribution in [1.82, 2.24) is 5.32 Å². The maximum absolute atomic E-state index is 12.1. The van der Waals surface area contributed by atoms with Gasteiger partial charge in [-0.3, -0.25) is 4.79 Å². The molecular formula is C20H27N5O. The molecule has 0 aliphatic heterocycles. The van der Waals surface area contributed by atoms with Crippen molar-refractivity contribution in [3.8, 4) is 11.1 Å². The van der Waals surface area contributed by atoms with E-state index in [1.165, 1.54) is 0 Å². The number of rotatable bonds is 6. The largest absolute Gasteiger partial charge is 0.398 e. The zero-order valence-corrected chi connectivity index (χ0v) is 15.5. The van der Waals surface area contributed by atoms with Crippen LogP contribution < -0.4 is 27.4 Å². The number of para-hydroxylation sites is 1. The standard InChI is InChI=1S/C20H27N5O/c1-4-11-24-20(26)19(23)18(22)16-10-6-9-15(17(16)21)13-7-5-8-14(12-13)25(2)3/h5-10,12H,4,11,21-23H2,1-3H3,(H,24,26)/b19-18+. The van der Waals surface area contributed by atoms with Crippen LogP contribution in [-0.4, -0.2) is 26.5 Å². The minimum Gasteiger partial charge on any atom is -0.398 e. The second-order valence-corrected chi connectivity index (χ2v) is 6.29. The number of nitrogens with one attached hydrogen (secondary N) is 1. The molecule has 1 amide bonds. The molecule has 2 aromatic carbocycles. The van der Waals surface area contributed by atoms with Crippen LogP contribution in [0.2, 0.25) is 0 Å². The number of hydrogen-bond acceptors (Lipinski definition) is 5. The number of carbonyl (C=O) groups is 1. The Morgan fingerprint density at radius 1 is 1.12 bits per heavy atom. The summed E-state index contributed by atoms with van der Waals surface area (Å²) in [4.78, 5) is 14.1. The van der Waals surface area contributed by atoms with Crippen LogP contribution in [0.15, 0.2) is 48.2 Å². The van der Waals surface area contributed by atoms with Crippen molar-refractivity contribution in [3.63, 3.8) is 0 Å². The molecule has 6 heteroatoms. The summed E-state index contributed by atoms with van der Waals surface area (Å²) in [7, 11) is 3.96. The van der Waals surface area contributed by atoms with E-state index in [0.717, 1.165) is 23.2 Å². The summed E-state index contributed by atoms with van der Waals surface area (Å²) in [6.45, 7) is 2.51. The number of nitrogen functional groups attached to an aromatic ring is 1. The molecule has 0 saturated heterocycles. The number of benzene rings is 2. The monoisotopic (exact) mass is 353 g/mol. The summed E-state index contributed by atoms with van der Waals surface area (Å²) in [5, 5.41) is 2.72. The summed E-state index contributed by atoms with van der Waals surface area (Å²) in [6.07, 6.45) is 0.818. The van der Waals surface area contributed by atoms with Gasteiger partial charge >= 0.3 is 0 Å². The molecule has 0 fully saturated rings. The van der Waals surface area contributed by atoms with Crippen molar-refractivity contribution < 1.29 is 4.79 Å². The molecule has 2 aromatic rings. The van der Waals surface area contributed by atoms with Gasteiger partial charge in [0.25, 0.3) is 5.91 Å². The molecule has 0 saturated carbocycles. The molecule has 7 N–H and O–H groups in total. The fourth-order valence-corrected chi connectivity index (χ4v) is 2.60. The van der Waals surface area contributed by atoms with Gasteiger partial charge in [0.1, 0.15) is 5.70 Å². The number of hydrogen-bond donors (Lipinski definition) is 4. The third kappa shape index (κ3) is 4.08. The summed E-state index contributed by atoms with van der Waals surface area (Å²) in [6, 6.07) is 13.6. The minimum atomic E-state index is -0.385. The van der Waals surface area contributed by atoms with Gasteiger partial charge < -0.3 is 27.4 Å². The maximum Gasteiger partial charge on any atom is 0.269 e. The number of amides is 1. The Kier molecular flexibility index (Phi) is 6.11. The molecule has 0 aliphatic carbocycles. The molecule has 0 bridgehead atoms. The van der Waals surface area contributed by atoms with Gasteiger partial charge in [0.05, 0.1) is 5.70 Å². The van der Waals surface area contributed by atoms with Crippen LogP contribution >= 0.6 is 0 Å². The Morgan fingerprint density at radius 3 is 2.46 bits per heavy atom. The first-order chi connectivity index (χ1) is 12.4. The maximum atomic E-state index is 12.1. The van der Waals surface area contributed by atoms with E-state index in [-0.39, 0.29) is 17.3 Å². The third-order valence-electron chi connectivity index (χ3n) is 4.14. The Bertz CT molecular complexity index is 827. The van der Waals surface area contributed by atoms with Crippen LogP contribution in [0.5, 0.6) is 0 Å². The first kappa shape index (κ1) is 19.2. The van der Waals surface area contributed by atoms with E-state index in [2.05, 4.69) is 5.32 Å². The Labute approximate surface area is 154 Å². The molecule has 0 unspecified atom stereocenters. The van der Waals surface area contributed by atoms with Gasteiger partial charge in [0.2, 0.25) is 0 Å². The van der Waals surface area contributed by atoms with Gasteiger partial charge in [-0.25, -0.2) is 0 Å². The molecule has 2 rings (SSSR count). The van der Waals surface area contributed by atoms with Crippen molar-refractivity contribution in [2.24, 2.45) is 11.5 Å². The Hall–Kier alpha value is -3.15. The van der Waals surface area contributed by atoms with Gasteiger partial charge in [-0.1, -0.05) is 37.3 Å². The highest BCUT2D eigenvalue weighted by atomic mass is 16.2. The van der Waals surface area contributed by atoms with Crippen LogP contribution in [0.25, 0.3) is 16.8 Å². The number of carbonyl (C=O) groups excluding carboxylic acids is 1. The Balaban J connectivity index is 2.46. The van der Waals surface area contributed by atoms with Crippen LogP contribution in [0, 0.1) is 0 Å². The van der Waals surface area contributed by atoms with Crippen LogP contribution in [0.3, 0.4) is 0 Å². The molecule has 0 atom stereocenters. The fraction of sp³-hybridized carbons (Fsp3) is 0.250. The van der Waals surface area contributed by atoms with Crippen molar-refractivity contribution in [2.45, 2.75) is 13.3 Å². The van der Waals surface area contributed by atoms with E-state index in [1.807, 2.05) is 62.3 Å². The summed E-state index contributed by atoms with van der Waals surface area (Å²) in [5.74, 6) is -0.385. The first-order valence-electron chi connectivity index (χ1n) is 8.56. The quantitative estimate of drug-likeness (QED) is 0.470. The lowest BCUT2D eigenvalue weighted by atomic mass is 9.97. The lowest BCUT2D eigenvalue weighted by Crippen LogP contribution is -2.31. The predicted molar refractivity (Wildman–Crippen MR) is 109 cm³/mol. The van der Waals surface area contributed by atoms with Gasteiger partial charge in [0, 0.05) is 43.1 Å². The van der Waals surface area contributed by atoms with Crippen molar-refractivity contribution >= 4 is 23.0 Å². The first-order valence-corrected chi connectivity index (χ1v) is 8.56. The topological polar surface area (TPSA) is 110 Å². The van der Waals surface area contributed by atoms with Gasteiger partial charge in [-0.05, 0) is 24.1 Å². The third-order valence-corrected chi connectivity index (χ3v) is 4.14. The SMILES string of the molecule is CCCNC(=O)/C(N)=C(\N)c1cccc(-c2cccc(N(C)C)c2)c1N. The average molecular weight is 353 g/mol. The smallest absolute Gasteiger partial charge is 0.269 e. The lowest BCUT2D eigenvalue weighted by molar-refractivity contribution is -0.117. The normalized spacial score (nSPS) is 11.7. The molecule has 0 aromatic heterocycles. The van der Waals surface area contributed by atoms with Crippen LogP contribution in [0.1, 0.15) is 18.9 Å². The van der Waals surface area contributed by atoms with E-state index < -0.39 is 0 Å². The van der Waals surface area contributed by atoms with E-state index in [1.54, 1.807) is 6.07 Å². The van der Waals surface area contributed by atoms with Crippen molar-refractivity contribution in [2.75, 3.05) is 31.3 Å². The van der Waals surface area contributed by atoms with Gasteiger partial charge in [0.15, 0.2) is 0 Å². The molecule has 138 valence electrons. The number of nitrogens with two attached hydrogens (primary N) is 3. The predicted octanol–water partition coefficient (Wildman–Crippen LogP) is 2.11. The van der Waals surface area contributed by atoms with Gasteiger partial charge in [-0.2, -0.15) is 0 Å². The summed E-state index contributed by atoms with van der Waals surface area (Å²) >= 11 is 0. The van der Waals surface area contributed by atoms with Crippen molar-refractivity contribution in [1.29, 1.82) is 0 Å². The van der Waals surface area contributed by atoms with Crippen molar-refractivity contribution in [3.05, 3.63) is 53.7 Å². The second-order valence-electron chi connectivity index (χ2n) is 6.29. The molecule has 26 heavy (non-hydrogen) atoms. The van der Waals surface area contributed by atoms with E-state index in [9.17, 15) is 4.79 Å². The molecule has 0 aliphatic rings. The zero-order chi connectivity index (χ0) is 19.3. The van der Waals surface area contributed by atoms with Crippen LogP contribution in [0.4, 0.5) is 11.4 Å². The molecular weight excluding hydrogens is 326 g/mol. The second kappa shape index (κ2) is 8.29. The molecule has 0 spiro atoms. The summed E-state index contributed by atoms with van der Waals surface area (Å²) in [5.41, 5.74) is 22.5. The molecule has 0 radical (unpaired) electrons. The lowest BCUT2D eigenvalue weighted by Gasteiger charge is -2.16.